The molecule has 7 nitrogen and oxygen atoms in total. The highest BCUT2D eigenvalue weighted by atomic mass is 16.5. The molecule has 0 bridgehead atoms. The minimum absolute atomic E-state index is 0.306. The summed E-state index contributed by atoms with van der Waals surface area (Å²) in [6, 6.07) is 14.4. The number of carbonyl (C=O) groups is 3. The van der Waals surface area contributed by atoms with Gasteiger partial charge in [0.1, 0.15) is 17.8 Å². The Morgan fingerprint density at radius 2 is 1.67 bits per heavy atom. The fourth-order valence-corrected chi connectivity index (χ4v) is 3.46. The minimum Gasteiger partial charge on any atom is -0.497 e. The van der Waals surface area contributed by atoms with E-state index in [0.717, 1.165) is 16.9 Å². The number of benzene rings is 2. The second-order valence-corrected chi connectivity index (χ2v) is 7.59. The van der Waals surface area contributed by atoms with Crippen LogP contribution in [0.4, 0.5) is 4.79 Å². The summed E-state index contributed by atoms with van der Waals surface area (Å²) in [5, 5.41) is 2.72. The van der Waals surface area contributed by atoms with E-state index in [1.807, 2.05) is 24.3 Å². The Hall–Kier alpha value is -3.35. The first-order chi connectivity index (χ1) is 14.3. The van der Waals surface area contributed by atoms with Crippen molar-refractivity contribution in [2.24, 2.45) is 0 Å². The van der Waals surface area contributed by atoms with Gasteiger partial charge in [-0.3, -0.25) is 14.5 Å². The van der Waals surface area contributed by atoms with Gasteiger partial charge in [0.25, 0.3) is 5.91 Å². The Kier molecular flexibility index (Phi) is 6.10. The lowest BCUT2D eigenvalue weighted by Crippen LogP contribution is -2.43. The average Bonchev–Trinajstić information content (AvgIpc) is 2.98. The maximum absolute atomic E-state index is 13.0. The van der Waals surface area contributed by atoms with Crippen LogP contribution in [0.15, 0.2) is 48.5 Å². The number of carbonyl (C=O) groups excluding carboxylic acids is 3. The number of aryl methyl sites for hydroxylation is 1. The monoisotopic (exact) mass is 409 g/mol. The molecule has 1 atom stereocenters. The van der Waals surface area contributed by atoms with E-state index < -0.39 is 17.5 Å². The Morgan fingerprint density at radius 1 is 1.07 bits per heavy atom. The third-order valence-electron chi connectivity index (χ3n) is 5.51. The van der Waals surface area contributed by atoms with E-state index in [1.165, 1.54) is 10.5 Å². The van der Waals surface area contributed by atoms with Crippen molar-refractivity contribution < 1.29 is 19.1 Å². The Bertz CT molecular complexity index is 940. The van der Waals surface area contributed by atoms with Gasteiger partial charge < -0.3 is 15.0 Å². The third kappa shape index (κ3) is 4.15. The average molecular weight is 409 g/mol. The summed E-state index contributed by atoms with van der Waals surface area (Å²) in [4.78, 5) is 40.7. The standard InChI is InChI=1S/C23H27N3O4/c1-5-16-6-8-17(9-7-16)14-25(3)20(27)15-26-21(28)23(2,24-22(26)29)18-10-12-19(30-4)13-11-18/h6-13H,5,14-15H2,1-4H3,(H,24,29)/t23-/m0/s1. The lowest BCUT2D eigenvalue weighted by Gasteiger charge is -2.23. The fourth-order valence-electron chi connectivity index (χ4n) is 3.46. The summed E-state index contributed by atoms with van der Waals surface area (Å²) < 4.78 is 5.14. The van der Waals surface area contributed by atoms with E-state index in [-0.39, 0.29) is 12.5 Å². The molecule has 4 amide bonds. The molecule has 0 aliphatic carbocycles. The molecule has 1 heterocycles. The second kappa shape index (κ2) is 8.57. The van der Waals surface area contributed by atoms with E-state index >= 15 is 0 Å². The first kappa shape index (κ1) is 21.4. The molecule has 1 fully saturated rings. The van der Waals surface area contributed by atoms with E-state index in [2.05, 4.69) is 12.2 Å². The number of hydrogen-bond acceptors (Lipinski definition) is 4. The van der Waals surface area contributed by atoms with Crippen LogP contribution >= 0.6 is 0 Å². The highest BCUT2D eigenvalue weighted by Gasteiger charge is 2.49. The Labute approximate surface area is 176 Å². The topological polar surface area (TPSA) is 79.0 Å². The minimum atomic E-state index is -1.22. The van der Waals surface area contributed by atoms with Crippen molar-refractivity contribution in [1.29, 1.82) is 0 Å². The molecule has 2 aromatic carbocycles. The van der Waals surface area contributed by atoms with Gasteiger partial charge in [0.15, 0.2) is 0 Å². The predicted octanol–water partition coefficient (Wildman–Crippen LogP) is 2.68. The number of likely N-dealkylation sites (N-methyl/N-ethyl adjacent to an activating group) is 1. The molecule has 158 valence electrons. The number of hydrogen-bond donors (Lipinski definition) is 1. The largest absolute Gasteiger partial charge is 0.497 e. The number of amides is 4. The normalized spacial score (nSPS) is 18.3. The van der Waals surface area contributed by atoms with Crippen LogP contribution in [0.1, 0.15) is 30.5 Å². The molecule has 0 saturated carbocycles. The maximum Gasteiger partial charge on any atom is 0.325 e. The van der Waals surface area contributed by atoms with Crippen molar-refractivity contribution in [3.63, 3.8) is 0 Å². The zero-order chi connectivity index (χ0) is 21.9. The van der Waals surface area contributed by atoms with Gasteiger partial charge in [-0.2, -0.15) is 0 Å². The number of rotatable bonds is 7. The smallest absolute Gasteiger partial charge is 0.325 e. The summed E-state index contributed by atoms with van der Waals surface area (Å²) in [6.07, 6.45) is 0.953. The van der Waals surface area contributed by atoms with Crippen LogP contribution in [0.2, 0.25) is 0 Å². The Morgan fingerprint density at radius 3 is 2.23 bits per heavy atom. The maximum atomic E-state index is 13.0. The number of methoxy groups -OCH3 is 1. The van der Waals surface area contributed by atoms with Crippen molar-refractivity contribution in [3.8, 4) is 5.75 Å². The number of ether oxygens (including phenoxy) is 1. The highest BCUT2D eigenvalue weighted by molar-refractivity contribution is 6.09. The van der Waals surface area contributed by atoms with Crippen LogP contribution in [0.5, 0.6) is 5.75 Å². The molecule has 1 aliphatic rings. The van der Waals surface area contributed by atoms with E-state index in [9.17, 15) is 14.4 Å². The summed E-state index contributed by atoms with van der Waals surface area (Å²) in [5.41, 5.74) is 1.62. The molecule has 7 heteroatoms. The molecular weight excluding hydrogens is 382 g/mol. The Balaban J connectivity index is 1.68. The summed E-state index contributed by atoms with van der Waals surface area (Å²) in [7, 11) is 3.22. The van der Waals surface area contributed by atoms with Gasteiger partial charge in [-0.25, -0.2) is 4.79 Å². The molecule has 0 spiro atoms. The highest BCUT2D eigenvalue weighted by Crippen LogP contribution is 2.30. The van der Waals surface area contributed by atoms with Crippen molar-refractivity contribution >= 4 is 17.8 Å². The van der Waals surface area contributed by atoms with E-state index in [1.54, 1.807) is 45.3 Å². The number of imide groups is 1. The molecule has 1 aliphatic heterocycles. The van der Waals surface area contributed by atoms with Gasteiger partial charge in [0.2, 0.25) is 5.91 Å². The quantitative estimate of drug-likeness (QED) is 0.713. The van der Waals surface area contributed by atoms with Crippen LogP contribution in [-0.4, -0.2) is 48.3 Å². The fraction of sp³-hybridized carbons (Fsp3) is 0.348. The van der Waals surface area contributed by atoms with Gasteiger partial charge in [-0.15, -0.1) is 0 Å². The zero-order valence-corrected chi connectivity index (χ0v) is 17.8. The summed E-state index contributed by atoms with van der Waals surface area (Å²) >= 11 is 0. The number of urea groups is 1. The van der Waals surface area contributed by atoms with Gasteiger partial charge in [-0.05, 0) is 42.2 Å². The molecule has 0 aromatic heterocycles. The van der Waals surface area contributed by atoms with Crippen LogP contribution < -0.4 is 10.1 Å². The molecule has 0 unspecified atom stereocenters. The molecule has 30 heavy (non-hydrogen) atoms. The van der Waals surface area contributed by atoms with Crippen molar-refractivity contribution in [1.82, 2.24) is 15.1 Å². The molecule has 2 aromatic rings. The number of nitrogens with zero attached hydrogens (tertiary/aromatic N) is 2. The lowest BCUT2D eigenvalue weighted by molar-refractivity contribution is -0.138. The zero-order valence-electron chi connectivity index (χ0n) is 17.8. The summed E-state index contributed by atoms with van der Waals surface area (Å²) in [6.45, 7) is 3.82. The van der Waals surface area contributed by atoms with Gasteiger partial charge in [0.05, 0.1) is 7.11 Å². The molecule has 0 radical (unpaired) electrons. The van der Waals surface area contributed by atoms with E-state index in [4.69, 9.17) is 4.74 Å². The number of nitrogens with one attached hydrogen (secondary N) is 1. The molecule has 1 N–H and O–H groups in total. The van der Waals surface area contributed by atoms with Crippen molar-refractivity contribution in [2.75, 3.05) is 20.7 Å². The lowest BCUT2D eigenvalue weighted by atomic mass is 9.92. The van der Waals surface area contributed by atoms with Gasteiger partial charge in [0, 0.05) is 13.6 Å². The van der Waals surface area contributed by atoms with Crippen molar-refractivity contribution in [3.05, 3.63) is 65.2 Å². The summed E-state index contributed by atoms with van der Waals surface area (Å²) in [5.74, 6) is -0.108. The van der Waals surface area contributed by atoms with E-state index in [0.29, 0.717) is 17.9 Å². The molecule has 1 saturated heterocycles. The van der Waals surface area contributed by atoms with Gasteiger partial charge >= 0.3 is 6.03 Å². The first-order valence-corrected chi connectivity index (χ1v) is 9.89. The van der Waals surface area contributed by atoms with Crippen LogP contribution in [0, 0.1) is 0 Å². The van der Waals surface area contributed by atoms with Gasteiger partial charge in [-0.1, -0.05) is 43.3 Å². The second-order valence-electron chi connectivity index (χ2n) is 7.59. The molecular formula is C23H27N3O4. The van der Waals surface area contributed by atoms with Crippen LogP contribution in [-0.2, 0) is 28.1 Å². The predicted molar refractivity (Wildman–Crippen MR) is 113 cm³/mol. The first-order valence-electron chi connectivity index (χ1n) is 9.89. The van der Waals surface area contributed by atoms with Crippen LogP contribution in [0.25, 0.3) is 0 Å². The SMILES string of the molecule is CCc1ccc(CN(C)C(=O)CN2C(=O)N[C@@](C)(c3ccc(OC)cc3)C2=O)cc1. The third-order valence-corrected chi connectivity index (χ3v) is 5.51. The van der Waals surface area contributed by atoms with Crippen LogP contribution in [0.3, 0.4) is 0 Å². The molecule has 3 rings (SSSR count). The van der Waals surface area contributed by atoms with Crippen molar-refractivity contribution in [2.45, 2.75) is 32.4 Å².